The van der Waals surface area contributed by atoms with Crippen molar-refractivity contribution in [3.05, 3.63) is 174 Å². The maximum absolute atomic E-state index is 14.1. The third-order valence-corrected chi connectivity index (χ3v) is 12.9. The molecule has 0 unspecified atom stereocenters. The van der Waals surface area contributed by atoms with Gasteiger partial charge in [-0.3, -0.25) is 38.1 Å². The van der Waals surface area contributed by atoms with E-state index < -0.39 is 62.8 Å². The average Bonchev–Trinajstić information content (AvgIpc) is 4.07. The molecule has 390 valence electrons. The topological polar surface area (TPSA) is 250 Å². The number of rotatable bonds is 16. The van der Waals surface area contributed by atoms with Gasteiger partial charge >= 0.3 is 0 Å². The van der Waals surface area contributed by atoms with Crippen molar-refractivity contribution in [2.75, 3.05) is 16.0 Å². The van der Waals surface area contributed by atoms with Gasteiger partial charge in [-0.2, -0.15) is 10.2 Å². The monoisotopic (exact) mass is 1030 g/mol. The highest BCUT2D eigenvalue weighted by atomic mass is 16.3. The van der Waals surface area contributed by atoms with Crippen molar-refractivity contribution in [2.45, 2.75) is 81.2 Å². The summed E-state index contributed by atoms with van der Waals surface area (Å²) in [5.74, 6) is -3.65. The van der Waals surface area contributed by atoms with Crippen molar-refractivity contribution in [1.29, 1.82) is 0 Å². The Labute approximate surface area is 435 Å². The van der Waals surface area contributed by atoms with E-state index in [0.717, 1.165) is 5.56 Å². The number of benzene rings is 4. The number of hydrogen-bond donors (Lipinski definition) is 6. The number of hydrogen-bond acceptors (Lipinski definition) is 11. The number of carbonyl (C=O) groups is 3. The normalized spacial score (nSPS) is 11.7. The van der Waals surface area contributed by atoms with E-state index in [9.17, 15) is 44.1 Å². The van der Waals surface area contributed by atoms with E-state index in [0.29, 0.717) is 51.8 Å². The third-order valence-electron chi connectivity index (χ3n) is 12.9. The maximum atomic E-state index is 14.1. The Hall–Kier alpha value is -9.26. The van der Waals surface area contributed by atoms with E-state index in [1.165, 1.54) is 35.3 Å². The lowest BCUT2D eigenvalue weighted by Crippen LogP contribution is -2.31. The third kappa shape index (κ3) is 10.2. The number of nitrogens with zero attached hydrogens (tertiary/aromatic N) is 7. The number of pyridine rings is 3. The minimum absolute atomic E-state index is 0.0198. The molecule has 0 saturated carbocycles. The lowest BCUT2D eigenvalue weighted by Gasteiger charge is -2.17. The smallest absolute Gasteiger partial charge is 0.267 e. The number of carbonyl (C=O) groups excluding carboxylic acids is 3. The van der Waals surface area contributed by atoms with Crippen molar-refractivity contribution < 1.29 is 29.7 Å². The molecule has 6 N–H and O–H groups in total. The highest BCUT2D eigenvalue weighted by Crippen LogP contribution is 2.32. The highest BCUT2D eigenvalue weighted by molar-refractivity contribution is 6.11. The van der Waals surface area contributed by atoms with Crippen LogP contribution in [0.2, 0.25) is 0 Å². The van der Waals surface area contributed by atoms with Crippen LogP contribution in [-0.4, -0.2) is 66.3 Å². The molecule has 0 aliphatic heterocycles. The molecule has 19 heteroatoms. The first-order valence-corrected chi connectivity index (χ1v) is 24.9. The fourth-order valence-corrected chi connectivity index (χ4v) is 9.49. The average molecular weight is 1030 g/mol. The summed E-state index contributed by atoms with van der Waals surface area (Å²) in [5, 5.41) is 52.4. The van der Waals surface area contributed by atoms with Crippen LogP contribution in [0.5, 0.6) is 17.2 Å². The van der Waals surface area contributed by atoms with Gasteiger partial charge in [-0.05, 0) is 83.8 Å². The summed E-state index contributed by atoms with van der Waals surface area (Å²) in [4.78, 5) is 83.0. The molecule has 0 bridgehead atoms. The SMILES string of the molecule is Cc1ccccc1NC(=O)c1c(O)c2cc(Cn3cc(NC(=O)c4c(O)c5cc(Cn6ccc(NC(=O)c7c(O)c8ccccc8n(CC(C)C)c7=O)n6)ccc5n(CC(C)C)c4=O)cn3)ccc2n(CC(C)C)c1=O. The Morgan fingerprint density at radius 1 is 0.539 bits per heavy atom. The van der Waals surface area contributed by atoms with Gasteiger partial charge in [-0.1, -0.05) is 84.0 Å². The Balaban J connectivity index is 0.955. The molecule has 3 amide bonds. The molecule has 4 aromatic carbocycles. The van der Waals surface area contributed by atoms with Crippen LogP contribution in [0.15, 0.2) is 124 Å². The fourth-order valence-electron chi connectivity index (χ4n) is 9.49. The van der Waals surface area contributed by atoms with E-state index in [2.05, 4.69) is 26.1 Å². The molecular formula is C57H58N10O9. The van der Waals surface area contributed by atoms with Crippen LogP contribution in [0.3, 0.4) is 0 Å². The standard InChI is InChI=1S/C57H58N10O9/c1-31(2)25-65-42-15-11-9-13-38(42)49(68)46(55(65)74)54(73)61-45-20-21-63(62-45)28-35-16-18-43-39(22-35)50(69)47(56(75)66(43)26-32(3)4)52(71)59-37-24-58-64(30-37)29-36-17-19-44-40(23-36)51(70)48(57(76)67(44)27-33(5)6)53(72)60-41-14-10-8-12-34(41)7/h8-24,30-33,68-70H,25-29H2,1-7H3,(H,59,71)(H,60,72)(H,61,62,73). The second-order valence-corrected chi connectivity index (χ2v) is 20.3. The Bertz CT molecular complexity index is 3970. The van der Waals surface area contributed by atoms with Crippen LogP contribution in [-0.2, 0) is 32.7 Å². The Morgan fingerprint density at radius 3 is 1.54 bits per heavy atom. The predicted molar refractivity (Wildman–Crippen MR) is 292 cm³/mol. The van der Waals surface area contributed by atoms with Gasteiger partial charge in [0.15, 0.2) is 5.82 Å². The summed E-state index contributed by atoms with van der Waals surface area (Å²) < 4.78 is 7.48. The van der Waals surface area contributed by atoms with Gasteiger partial charge in [0.1, 0.15) is 33.9 Å². The quantitative estimate of drug-likeness (QED) is 0.0537. The largest absolute Gasteiger partial charge is 0.506 e. The molecule has 9 rings (SSSR count). The van der Waals surface area contributed by atoms with E-state index in [-0.39, 0.29) is 65.2 Å². The molecular weight excluding hydrogens is 969 g/mol. The van der Waals surface area contributed by atoms with Gasteiger partial charge in [-0.25, -0.2) is 0 Å². The number of anilines is 3. The molecule has 5 aromatic heterocycles. The number of aromatic nitrogens is 7. The number of aromatic hydroxyl groups is 3. The van der Waals surface area contributed by atoms with Crippen molar-refractivity contribution in [3.8, 4) is 17.2 Å². The van der Waals surface area contributed by atoms with Gasteiger partial charge in [0.25, 0.3) is 34.4 Å². The highest BCUT2D eigenvalue weighted by Gasteiger charge is 2.27. The van der Waals surface area contributed by atoms with Crippen LogP contribution >= 0.6 is 0 Å². The first kappa shape index (κ1) is 51.6. The number of para-hydroxylation sites is 2. The summed E-state index contributed by atoms with van der Waals surface area (Å²) >= 11 is 0. The zero-order valence-corrected chi connectivity index (χ0v) is 43.1. The molecule has 0 radical (unpaired) electrons. The number of fused-ring (bicyclic) bond motifs is 3. The van der Waals surface area contributed by atoms with Crippen molar-refractivity contribution in [2.24, 2.45) is 17.8 Å². The minimum atomic E-state index is -0.872. The molecule has 5 heterocycles. The predicted octanol–water partition coefficient (Wildman–Crippen LogP) is 8.27. The van der Waals surface area contributed by atoms with Gasteiger partial charge in [0, 0.05) is 59.9 Å². The maximum Gasteiger partial charge on any atom is 0.267 e. The molecule has 0 spiro atoms. The van der Waals surface area contributed by atoms with Crippen LogP contribution in [0.1, 0.15) is 89.3 Å². The second-order valence-electron chi connectivity index (χ2n) is 20.3. The Morgan fingerprint density at radius 2 is 1.00 bits per heavy atom. The van der Waals surface area contributed by atoms with E-state index in [1.54, 1.807) is 85.2 Å². The molecule has 0 atom stereocenters. The van der Waals surface area contributed by atoms with Crippen molar-refractivity contribution in [1.82, 2.24) is 33.3 Å². The Kier molecular flexibility index (Phi) is 14.2. The van der Waals surface area contributed by atoms with Gasteiger partial charge in [0.05, 0.1) is 41.5 Å². The minimum Gasteiger partial charge on any atom is -0.506 e. The number of nitrogens with one attached hydrogen (secondary N) is 3. The first-order chi connectivity index (χ1) is 36.3. The molecule has 0 aliphatic carbocycles. The molecule has 19 nitrogen and oxygen atoms in total. The summed E-state index contributed by atoms with van der Waals surface area (Å²) in [6.45, 7) is 14.6. The molecule has 76 heavy (non-hydrogen) atoms. The first-order valence-electron chi connectivity index (χ1n) is 24.9. The molecule has 9 aromatic rings. The van der Waals surface area contributed by atoms with Crippen LogP contribution < -0.4 is 32.6 Å². The van der Waals surface area contributed by atoms with Crippen LogP contribution in [0.25, 0.3) is 32.7 Å². The second kappa shape index (κ2) is 20.9. The van der Waals surface area contributed by atoms with Crippen LogP contribution in [0, 0.1) is 24.7 Å². The summed E-state index contributed by atoms with van der Waals surface area (Å²) in [6.07, 6.45) is 4.54. The number of aryl methyl sites for hydroxylation is 1. The molecule has 0 saturated heterocycles. The van der Waals surface area contributed by atoms with Gasteiger partial charge in [0.2, 0.25) is 0 Å². The summed E-state index contributed by atoms with van der Waals surface area (Å²) in [7, 11) is 0. The molecule has 0 fully saturated rings. The molecule has 0 aliphatic rings. The summed E-state index contributed by atoms with van der Waals surface area (Å²) in [5.41, 5.74) is 0.912. The summed E-state index contributed by atoms with van der Waals surface area (Å²) in [6, 6.07) is 25.8. The lowest BCUT2D eigenvalue weighted by atomic mass is 10.0. The number of amides is 3. The van der Waals surface area contributed by atoms with Crippen molar-refractivity contribution in [3.63, 3.8) is 0 Å². The zero-order chi connectivity index (χ0) is 54.3. The van der Waals surface area contributed by atoms with E-state index in [1.807, 2.05) is 60.6 Å². The van der Waals surface area contributed by atoms with Crippen LogP contribution in [0.4, 0.5) is 17.2 Å². The zero-order valence-electron chi connectivity index (χ0n) is 43.1. The van der Waals surface area contributed by atoms with Crippen molar-refractivity contribution >= 4 is 67.6 Å². The lowest BCUT2D eigenvalue weighted by molar-refractivity contribution is 0.101. The van der Waals surface area contributed by atoms with E-state index >= 15 is 0 Å². The fraction of sp³-hybridized carbons (Fsp3) is 0.263. The van der Waals surface area contributed by atoms with Gasteiger partial charge < -0.3 is 45.0 Å². The van der Waals surface area contributed by atoms with Gasteiger partial charge in [-0.15, -0.1) is 0 Å². The van der Waals surface area contributed by atoms with E-state index in [4.69, 9.17) is 0 Å².